The number of thiocarbonyl (C=S) groups is 1. The molecule has 3 aromatic rings. The van der Waals surface area contributed by atoms with Crippen molar-refractivity contribution in [1.29, 1.82) is 0 Å². The van der Waals surface area contributed by atoms with Crippen molar-refractivity contribution in [3.8, 4) is 11.3 Å². The van der Waals surface area contributed by atoms with E-state index < -0.39 is 0 Å². The molecule has 1 amide bonds. The van der Waals surface area contributed by atoms with Gasteiger partial charge in [0.15, 0.2) is 5.11 Å². The molecule has 3 N–H and O–H groups in total. The fourth-order valence-corrected chi connectivity index (χ4v) is 3.12. The van der Waals surface area contributed by atoms with Crippen LogP contribution in [0.2, 0.25) is 10.0 Å². The largest absolute Gasteiger partial charge is 0.340 e. The molecule has 0 atom stereocenters. The quantitative estimate of drug-likeness (QED) is 0.428. The molecule has 3 rings (SSSR count). The number of nitrogens with zero attached hydrogens (tertiary/aromatic N) is 1. The fraction of sp³-hybridized carbons (Fsp3) is 0.0526. The van der Waals surface area contributed by atoms with Crippen LogP contribution < -0.4 is 16.2 Å². The van der Waals surface area contributed by atoms with Crippen molar-refractivity contribution in [3.05, 3.63) is 76.4 Å². The van der Waals surface area contributed by atoms with Gasteiger partial charge in [-0.05, 0) is 54.7 Å². The van der Waals surface area contributed by atoms with Gasteiger partial charge < -0.3 is 9.88 Å². The van der Waals surface area contributed by atoms with E-state index in [1.165, 1.54) is 0 Å². The number of hydrogen-bond donors (Lipinski definition) is 3. The van der Waals surface area contributed by atoms with Gasteiger partial charge in [0.05, 0.1) is 0 Å². The summed E-state index contributed by atoms with van der Waals surface area (Å²) < 4.78 is 1.74. The molecule has 27 heavy (non-hydrogen) atoms. The van der Waals surface area contributed by atoms with Crippen LogP contribution >= 0.6 is 35.4 Å². The van der Waals surface area contributed by atoms with Gasteiger partial charge in [0.2, 0.25) is 0 Å². The molecule has 1 heterocycles. The molecule has 2 aromatic carbocycles. The SMILES string of the molecule is Cn1c(C(=O)NNC(=S)Nc2ccccc2)ccc1-c1cc(Cl)ccc1Cl. The van der Waals surface area contributed by atoms with E-state index in [1.54, 1.807) is 35.9 Å². The normalized spacial score (nSPS) is 10.3. The second kappa shape index (κ2) is 8.43. The van der Waals surface area contributed by atoms with Gasteiger partial charge >= 0.3 is 0 Å². The molecule has 0 aliphatic heterocycles. The molecule has 0 aliphatic rings. The van der Waals surface area contributed by atoms with Crippen LogP contribution in [0.1, 0.15) is 10.5 Å². The first kappa shape index (κ1) is 19.2. The third kappa shape index (κ3) is 4.60. The van der Waals surface area contributed by atoms with E-state index in [4.69, 9.17) is 35.4 Å². The van der Waals surface area contributed by atoms with Crippen LogP contribution in [-0.2, 0) is 7.05 Å². The Morgan fingerprint density at radius 1 is 1.00 bits per heavy atom. The number of nitrogens with one attached hydrogen (secondary N) is 3. The van der Waals surface area contributed by atoms with Crippen LogP contribution in [-0.4, -0.2) is 15.6 Å². The standard InChI is InChI=1S/C19H16Cl2N4OS/c1-25-16(14-11-12(20)7-8-15(14)21)9-10-17(25)18(26)23-24-19(27)22-13-5-3-2-4-6-13/h2-11H,1H3,(H,23,26)(H2,22,24,27). The van der Waals surface area contributed by atoms with Gasteiger partial charge in [-0.3, -0.25) is 15.6 Å². The summed E-state index contributed by atoms with van der Waals surface area (Å²) in [6.45, 7) is 0. The van der Waals surface area contributed by atoms with Crippen LogP contribution in [0, 0.1) is 0 Å². The molecule has 138 valence electrons. The number of carbonyl (C=O) groups is 1. The average molecular weight is 419 g/mol. The van der Waals surface area contributed by atoms with Crippen molar-refractivity contribution in [2.45, 2.75) is 0 Å². The average Bonchev–Trinajstić information content (AvgIpc) is 3.04. The zero-order valence-electron chi connectivity index (χ0n) is 14.3. The first-order valence-electron chi connectivity index (χ1n) is 7.99. The number of aromatic nitrogens is 1. The molecular formula is C19H16Cl2N4OS. The maximum absolute atomic E-state index is 12.5. The molecule has 0 radical (unpaired) electrons. The summed E-state index contributed by atoms with van der Waals surface area (Å²) >= 11 is 17.5. The number of hydrogen-bond acceptors (Lipinski definition) is 2. The third-order valence-electron chi connectivity index (χ3n) is 3.88. The third-order valence-corrected chi connectivity index (χ3v) is 4.65. The molecular weight excluding hydrogens is 403 g/mol. The molecule has 0 unspecified atom stereocenters. The summed E-state index contributed by atoms with van der Waals surface area (Å²) in [4.78, 5) is 12.5. The number of anilines is 1. The topological polar surface area (TPSA) is 58.1 Å². The molecule has 5 nitrogen and oxygen atoms in total. The minimum absolute atomic E-state index is 0.280. The number of rotatable bonds is 3. The van der Waals surface area contributed by atoms with Crippen molar-refractivity contribution >= 4 is 52.1 Å². The highest BCUT2D eigenvalue weighted by atomic mass is 35.5. The van der Waals surface area contributed by atoms with Crippen LogP contribution in [0.5, 0.6) is 0 Å². The van der Waals surface area contributed by atoms with Gasteiger partial charge in [-0.1, -0.05) is 41.4 Å². The predicted octanol–water partition coefficient (Wildman–Crippen LogP) is 4.63. The first-order valence-corrected chi connectivity index (χ1v) is 9.15. The summed E-state index contributed by atoms with van der Waals surface area (Å²) in [7, 11) is 1.78. The first-order chi connectivity index (χ1) is 13.0. The van der Waals surface area contributed by atoms with Crippen molar-refractivity contribution in [2.24, 2.45) is 7.05 Å². The van der Waals surface area contributed by atoms with Crippen LogP contribution in [0.15, 0.2) is 60.7 Å². The van der Waals surface area contributed by atoms with Crippen molar-refractivity contribution in [1.82, 2.24) is 15.4 Å². The van der Waals surface area contributed by atoms with Gasteiger partial charge in [-0.15, -0.1) is 0 Å². The highest BCUT2D eigenvalue weighted by molar-refractivity contribution is 7.80. The number of para-hydroxylation sites is 1. The van der Waals surface area contributed by atoms with E-state index in [0.717, 1.165) is 16.9 Å². The summed E-state index contributed by atoms with van der Waals surface area (Å²) in [5, 5.41) is 4.38. The smallest absolute Gasteiger partial charge is 0.286 e. The highest BCUT2D eigenvalue weighted by Crippen LogP contribution is 2.31. The van der Waals surface area contributed by atoms with Crippen LogP contribution in [0.4, 0.5) is 5.69 Å². The number of amides is 1. The second-order valence-electron chi connectivity index (χ2n) is 5.69. The Morgan fingerprint density at radius 3 is 2.48 bits per heavy atom. The number of halogens is 2. The lowest BCUT2D eigenvalue weighted by Gasteiger charge is -2.13. The van der Waals surface area contributed by atoms with Crippen molar-refractivity contribution < 1.29 is 4.79 Å². The molecule has 1 aromatic heterocycles. The molecule has 0 aliphatic carbocycles. The van der Waals surface area contributed by atoms with E-state index in [-0.39, 0.29) is 11.0 Å². The lowest BCUT2D eigenvalue weighted by atomic mass is 10.1. The van der Waals surface area contributed by atoms with Gasteiger partial charge in [-0.2, -0.15) is 0 Å². The maximum Gasteiger partial charge on any atom is 0.286 e. The van der Waals surface area contributed by atoms with E-state index in [9.17, 15) is 4.79 Å². The number of benzene rings is 2. The summed E-state index contributed by atoms with van der Waals surface area (Å²) in [6, 6.07) is 18.1. The monoisotopic (exact) mass is 418 g/mol. The Kier molecular flexibility index (Phi) is 6.01. The summed E-state index contributed by atoms with van der Waals surface area (Å²) in [6.07, 6.45) is 0. The second-order valence-corrected chi connectivity index (χ2v) is 6.94. The van der Waals surface area contributed by atoms with Gasteiger partial charge in [0, 0.05) is 34.0 Å². The number of hydrazine groups is 1. The highest BCUT2D eigenvalue weighted by Gasteiger charge is 2.15. The molecule has 0 fully saturated rings. The number of carbonyl (C=O) groups excluding carboxylic acids is 1. The Balaban J connectivity index is 1.68. The van der Waals surface area contributed by atoms with Gasteiger partial charge in [0.25, 0.3) is 5.91 Å². The molecule has 8 heteroatoms. The van der Waals surface area contributed by atoms with E-state index in [1.807, 2.05) is 36.4 Å². The Morgan fingerprint density at radius 2 is 1.74 bits per heavy atom. The van der Waals surface area contributed by atoms with E-state index in [2.05, 4.69) is 16.2 Å². The van der Waals surface area contributed by atoms with Crippen LogP contribution in [0.3, 0.4) is 0 Å². The maximum atomic E-state index is 12.5. The molecule has 0 spiro atoms. The van der Waals surface area contributed by atoms with E-state index in [0.29, 0.717) is 15.7 Å². The summed E-state index contributed by atoms with van der Waals surface area (Å²) in [5.41, 5.74) is 8.05. The minimum Gasteiger partial charge on any atom is -0.340 e. The molecule has 0 saturated heterocycles. The van der Waals surface area contributed by atoms with Crippen molar-refractivity contribution in [3.63, 3.8) is 0 Å². The Hall–Kier alpha value is -2.54. The zero-order chi connectivity index (χ0) is 19.4. The van der Waals surface area contributed by atoms with Crippen LogP contribution in [0.25, 0.3) is 11.3 Å². The lowest BCUT2D eigenvalue weighted by Crippen LogP contribution is -2.44. The fourth-order valence-electron chi connectivity index (χ4n) is 2.56. The Bertz CT molecular complexity index is 989. The van der Waals surface area contributed by atoms with E-state index >= 15 is 0 Å². The van der Waals surface area contributed by atoms with Gasteiger partial charge in [0.1, 0.15) is 5.69 Å². The molecule has 0 bridgehead atoms. The Labute approximate surface area is 172 Å². The minimum atomic E-state index is -0.334. The lowest BCUT2D eigenvalue weighted by molar-refractivity contribution is 0.0936. The predicted molar refractivity (Wildman–Crippen MR) is 114 cm³/mol. The van der Waals surface area contributed by atoms with Gasteiger partial charge in [-0.25, -0.2) is 0 Å². The zero-order valence-corrected chi connectivity index (χ0v) is 16.6. The summed E-state index contributed by atoms with van der Waals surface area (Å²) in [5.74, 6) is -0.334. The van der Waals surface area contributed by atoms with Crippen molar-refractivity contribution in [2.75, 3.05) is 5.32 Å². The molecule has 0 saturated carbocycles.